The smallest absolute Gasteiger partial charge is 0.0491 e. The van der Waals surface area contributed by atoms with Crippen LogP contribution in [0.4, 0.5) is 0 Å². The van der Waals surface area contributed by atoms with Crippen LogP contribution in [0.1, 0.15) is 70.9 Å². The Hall–Kier alpha value is -2.54. The Labute approximate surface area is 194 Å². The fourth-order valence-electron chi connectivity index (χ4n) is 5.22. The highest BCUT2D eigenvalue weighted by atomic mass is 15.0. The Bertz CT molecular complexity index is 1100. The van der Waals surface area contributed by atoms with Crippen molar-refractivity contribution in [1.82, 2.24) is 4.57 Å². The van der Waals surface area contributed by atoms with Crippen LogP contribution in [0.3, 0.4) is 0 Å². The maximum Gasteiger partial charge on any atom is 0.0491 e. The summed E-state index contributed by atoms with van der Waals surface area (Å²) in [5.41, 5.74) is 5.98. The monoisotopic (exact) mass is 425 g/mol. The third-order valence-electron chi connectivity index (χ3n) is 6.91. The summed E-state index contributed by atoms with van der Waals surface area (Å²) in [5, 5.41) is 2.74. The van der Waals surface area contributed by atoms with Crippen LogP contribution in [0, 0.1) is 11.3 Å². The van der Waals surface area contributed by atoms with Crippen LogP contribution in [-0.4, -0.2) is 4.57 Å². The molecule has 0 spiro atoms. The molecule has 4 rings (SSSR count). The number of hydrogen-bond acceptors (Lipinski definition) is 0. The Morgan fingerprint density at radius 3 is 1.81 bits per heavy atom. The van der Waals surface area contributed by atoms with E-state index in [0.29, 0.717) is 11.3 Å². The molecule has 0 amide bonds. The molecule has 0 saturated heterocycles. The van der Waals surface area contributed by atoms with Crippen LogP contribution < -0.4 is 0 Å². The Morgan fingerprint density at radius 1 is 0.719 bits per heavy atom. The highest BCUT2D eigenvalue weighted by Crippen LogP contribution is 2.39. The molecule has 1 unspecified atom stereocenters. The summed E-state index contributed by atoms with van der Waals surface area (Å²) < 4.78 is 2.51. The topological polar surface area (TPSA) is 4.93 Å². The standard InChI is InChI=1S/C31H39N/c1-23(2)22-28(31(3,4)5)25-19-17-24(18-20-25)12-10-11-21-32-29-15-8-6-13-26(29)27-14-7-9-16-30(27)32/h6-9,13-20,23,28H,10-12,21-22H2,1-5H3. The number of rotatable bonds is 8. The van der Waals surface area contributed by atoms with Crippen LogP contribution in [0.5, 0.6) is 0 Å². The molecule has 0 aliphatic heterocycles. The molecule has 0 fully saturated rings. The lowest BCUT2D eigenvalue weighted by Crippen LogP contribution is -2.20. The lowest BCUT2D eigenvalue weighted by molar-refractivity contribution is 0.280. The number of nitrogens with zero attached hydrogens (tertiary/aromatic N) is 1. The summed E-state index contributed by atoms with van der Waals surface area (Å²) in [6.07, 6.45) is 4.82. The average Bonchev–Trinajstić information content (AvgIpc) is 3.09. The van der Waals surface area contributed by atoms with E-state index in [9.17, 15) is 0 Å². The SMILES string of the molecule is CC(C)CC(c1ccc(CCCCn2c3ccccc3c3ccccc32)cc1)C(C)(C)C. The first-order valence-electron chi connectivity index (χ1n) is 12.4. The fraction of sp³-hybridized carbons (Fsp3) is 0.419. The van der Waals surface area contributed by atoms with E-state index in [4.69, 9.17) is 0 Å². The van der Waals surface area contributed by atoms with Gasteiger partial charge >= 0.3 is 0 Å². The number of para-hydroxylation sites is 2. The number of benzene rings is 3. The summed E-state index contributed by atoms with van der Waals surface area (Å²) >= 11 is 0. The van der Waals surface area contributed by atoms with Crippen LogP contribution in [-0.2, 0) is 13.0 Å². The fourth-order valence-corrected chi connectivity index (χ4v) is 5.22. The van der Waals surface area contributed by atoms with Crippen molar-refractivity contribution in [2.75, 3.05) is 0 Å². The van der Waals surface area contributed by atoms with Gasteiger partial charge in [0.25, 0.3) is 0 Å². The van der Waals surface area contributed by atoms with E-state index in [0.717, 1.165) is 18.9 Å². The zero-order chi connectivity index (χ0) is 22.7. The minimum Gasteiger partial charge on any atom is -0.340 e. The summed E-state index contributed by atoms with van der Waals surface area (Å²) in [6, 6.07) is 27.1. The van der Waals surface area contributed by atoms with E-state index in [-0.39, 0.29) is 0 Å². The molecule has 0 saturated carbocycles. The number of fused-ring (bicyclic) bond motifs is 3. The van der Waals surface area contributed by atoms with Crippen molar-refractivity contribution in [2.24, 2.45) is 11.3 Å². The summed E-state index contributed by atoms with van der Waals surface area (Å²) in [4.78, 5) is 0. The molecule has 32 heavy (non-hydrogen) atoms. The second-order valence-corrected chi connectivity index (χ2v) is 10.9. The van der Waals surface area contributed by atoms with Gasteiger partial charge in [-0.25, -0.2) is 0 Å². The van der Waals surface area contributed by atoms with Crippen LogP contribution >= 0.6 is 0 Å². The zero-order valence-electron chi connectivity index (χ0n) is 20.6. The third kappa shape index (κ3) is 4.93. The van der Waals surface area contributed by atoms with Gasteiger partial charge in [0.05, 0.1) is 0 Å². The minimum atomic E-state index is 0.300. The van der Waals surface area contributed by atoms with Crippen molar-refractivity contribution in [3.63, 3.8) is 0 Å². The van der Waals surface area contributed by atoms with E-state index in [2.05, 4.69) is 112 Å². The Kier molecular flexibility index (Phi) is 6.74. The maximum absolute atomic E-state index is 2.51. The highest BCUT2D eigenvalue weighted by Gasteiger charge is 2.26. The number of aromatic nitrogens is 1. The van der Waals surface area contributed by atoms with Crippen LogP contribution in [0.2, 0.25) is 0 Å². The minimum absolute atomic E-state index is 0.300. The van der Waals surface area contributed by atoms with Gasteiger partial charge < -0.3 is 4.57 Å². The van der Waals surface area contributed by atoms with Gasteiger partial charge in [-0.05, 0) is 66.2 Å². The van der Waals surface area contributed by atoms with Crippen LogP contribution in [0.15, 0.2) is 72.8 Å². The first kappa shape index (κ1) is 22.6. The molecule has 0 aliphatic rings. The molecule has 1 heterocycles. The second kappa shape index (κ2) is 9.53. The molecule has 1 aromatic heterocycles. The Balaban J connectivity index is 1.40. The quantitative estimate of drug-likeness (QED) is 0.248. The lowest BCUT2D eigenvalue weighted by atomic mass is 9.72. The van der Waals surface area contributed by atoms with Gasteiger partial charge in [0.1, 0.15) is 0 Å². The number of aryl methyl sites for hydroxylation is 2. The van der Waals surface area contributed by atoms with Gasteiger partial charge in [-0.2, -0.15) is 0 Å². The van der Waals surface area contributed by atoms with Crippen molar-refractivity contribution in [3.8, 4) is 0 Å². The summed E-state index contributed by atoms with van der Waals surface area (Å²) in [5.74, 6) is 1.34. The molecule has 0 bridgehead atoms. The maximum atomic E-state index is 2.51. The summed E-state index contributed by atoms with van der Waals surface area (Å²) in [7, 11) is 0. The predicted molar refractivity (Wildman–Crippen MR) is 140 cm³/mol. The van der Waals surface area contributed by atoms with Gasteiger partial charge in [-0.15, -0.1) is 0 Å². The van der Waals surface area contributed by atoms with Crippen molar-refractivity contribution in [2.45, 2.75) is 72.8 Å². The van der Waals surface area contributed by atoms with E-state index in [1.54, 1.807) is 0 Å². The molecule has 4 aromatic rings. The molecule has 0 aliphatic carbocycles. The van der Waals surface area contributed by atoms with E-state index < -0.39 is 0 Å². The zero-order valence-corrected chi connectivity index (χ0v) is 20.6. The second-order valence-electron chi connectivity index (χ2n) is 10.9. The first-order valence-corrected chi connectivity index (χ1v) is 12.4. The molecule has 3 aromatic carbocycles. The normalized spacial score (nSPS) is 13.3. The van der Waals surface area contributed by atoms with E-state index in [1.165, 1.54) is 52.2 Å². The summed E-state index contributed by atoms with van der Waals surface area (Å²) in [6.45, 7) is 12.9. The highest BCUT2D eigenvalue weighted by molar-refractivity contribution is 6.07. The molecule has 1 nitrogen and oxygen atoms in total. The predicted octanol–water partition coefficient (Wildman–Crippen LogP) is 8.99. The molecule has 168 valence electrons. The van der Waals surface area contributed by atoms with Crippen LogP contribution in [0.25, 0.3) is 21.8 Å². The molecular formula is C31H39N. The van der Waals surface area contributed by atoms with Gasteiger partial charge in [0, 0.05) is 28.4 Å². The first-order chi connectivity index (χ1) is 15.3. The van der Waals surface area contributed by atoms with Gasteiger partial charge in [0.2, 0.25) is 0 Å². The average molecular weight is 426 g/mol. The third-order valence-corrected chi connectivity index (χ3v) is 6.91. The van der Waals surface area contributed by atoms with Crippen molar-refractivity contribution < 1.29 is 0 Å². The molecule has 0 N–H and O–H groups in total. The number of hydrogen-bond donors (Lipinski definition) is 0. The molecule has 1 heteroatoms. The van der Waals surface area contributed by atoms with Crippen molar-refractivity contribution in [3.05, 3.63) is 83.9 Å². The van der Waals surface area contributed by atoms with E-state index >= 15 is 0 Å². The molecule has 1 atom stereocenters. The largest absolute Gasteiger partial charge is 0.340 e. The van der Waals surface area contributed by atoms with Gasteiger partial charge in [-0.1, -0.05) is 95.3 Å². The van der Waals surface area contributed by atoms with Crippen molar-refractivity contribution >= 4 is 21.8 Å². The van der Waals surface area contributed by atoms with Crippen molar-refractivity contribution in [1.29, 1.82) is 0 Å². The van der Waals surface area contributed by atoms with E-state index in [1.807, 2.05) is 0 Å². The molecule has 0 radical (unpaired) electrons. The Morgan fingerprint density at radius 2 is 1.28 bits per heavy atom. The lowest BCUT2D eigenvalue weighted by Gasteiger charge is -2.32. The van der Waals surface area contributed by atoms with Gasteiger partial charge in [0.15, 0.2) is 0 Å². The number of unbranched alkanes of at least 4 members (excludes halogenated alkanes) is 1. The molecular weight excluding hydrogens is 386 g/mol. The van der Waals surface area contributed by atoms with Gasteiger partial charge in [-0.3, -0.25) is 0 Å².